The molecule has 0 unspecified atom stereocenters. The monoisotopic (exact) mass is 441 g/mol. The van der Waals surface area contributed by atoms with E-state index in [0.29, 0.717) is 24.5 Å². The van der Waals surface area contributed by atoms with E-state index < -0.39 is 12.2 Å². The van der Waals surface area contributed by atoms with Gasteiger partial charge in [-0.2, -0.15) is 0 Å². The molecule has 0 bridgehead atoms. The Hall–Kier alpha value is -2.44. The summed E-state index contributed by atoms with van der Waals surface area (Å²) in [6.45, 7) is 0.916. The average Bonchev–Trinajstić information content (AvgIpc) is 3.58. The molecule has 2 aliphatic rings. The number of aliphatic hydroxyl groups is 2. The van der Waals surface area contributed by atoms with Crippen molar-refractivity contribution in [3.8, 4) is 5.75 Å². The number of amides is 1. The van der Waals surface area contributed by atoms with Gasteiger partial charge in [0.1, 0.15) is 24.2 Å². The third kappa shape index (κ3) is 8.24. The normalized spacial score (nSPS) is 24.3. The molecule has 2 saturated carbocycles. The number of para-hydroxylation sites is 1. The van der Waals surface area contributed by atoms with Crippen LogP contribution in [0.4, 0.5) is 0 Å². The number of Topliss-reactive ketones (excluding diaryl/α,β-unsaturated/α-hetero) is 1. The van der Waals surface area contributed by atoms with Crippen LogP contribution < -0.4 is 10.1 Å². The highest BCUT2D eigenvalue weighted by atomic mass is 16.5. The van der Waals surface area contributed by atoms with E-state index in [-0.39, 0.29) is 36.6 Å². The number of hydrogen-bond donors (Lipinski definition) is 3. The lowest BCUT2D eigenvalue weighted by atomic mass is 9.90. The van der Waals surface area contributed by atoms with Gasteiger partial charge in [-0.3, -0.25) is 9.59 Å². The predicted molar refractivity (Wildman–Crippen MR) is 123 cm³/mol. The molecule has 0 heterocycles. The van der Waals surface area contributed by atoms with Crippen molar-refractivity contribution in [2.45, 2.75) is 57.2 Å². The summed E-state index contributed by atoms with van der Waals surface area (Å²) >= 11 is 0. The molecule has 174 valence electrons. The topological polar surface area (TPSA) is 95.9 Å². The fraction of sp³-hybridized carbons (Fsp3) is 0.538. The molecule has 2 fully saturated rings. The third-order valence-corrected chi connectivity index (χ3v) is 6.07. The predicted octanol–water partition coefficient (Wildman–Crippen LogP) is 3.19. The van der Waals surface area contributed by atoms with Crippen molar-refractivity contribution in [2.75, 3.05) is 13.2 Å². The molecular formula is C26H35NO5. The Labute approximate surface area is 190 Å². The molecule has 0 spiro atoms. The van der Waals surface area contributed by atoms with Gasteiger partial charge in [-0.05, 0) is 50.2 Å². The molecule has 0 aliphatic heterocycles. The molecule has 1 aromatic rings. The molecule has 2 aliphatic carbocycles. The molecule has 1 amide bonds. The maximum atomic E-state index is 12.3. The molecule has 32 heavy (non-hydrogen) atoms. The maximum Gasteiger partial charge on any atom is 0.220 e. The fourth-order valence-electron chi connectivity index (χ4n) is 3.95. The summed E-state index contributed by atoms with van der Waals surface area (Å²) in [5.74, 6) is 0.927. The summed E-state index contributed by atoms with van der Waals surface area (Å²) in [5.41, 5.74) is 0. The van der Waals surface area contributed by atoms with E-state index in [9.17, 15) is 19.8 Å². The smallest absolute Gasteiger partial charge is 0.220 e. The highest BCUT2D eigenvalue weighted by molar-refractivity contribution is 5.84. The van der Waals surface area contributed by atoms with E-state index >= 15 is 0 Å². The first-order valence-electron chi connectivity index (χ1n) is 11.7. The minimum Gasteiger partial charge on any atom is -0.491 e. The Balaban J connectivity index is 1.37. The van der Waals surface area contributed by atoms with Crippen molar-refractivity contribution >= 4 is 11.7 Å². The molecule has 0 aromatic heterocycles. The van der Waals surface area contributed by atoms with E-state index in [2.05, 4.69) is 5.32 Å². The van der Waals surface area contributed by atoms with Crippen LogP contribution in [0.25, 0.3) is 0 Å². The molecule has 0 radical (unpaired) electrons. The Bertz CT molecular complexity index is 787. The second-order valence-electron chi connectivity index (χ2n) is 8.84. The van der Waals surface area contributed by atoms with Crippen LogP contribution in [0.1, 0.15) is 44.9 Å². The summed E-state index contributed by atoms with van der Waals surface area (Å²) in [4.78, 5) is 24.1. The number of aliphatic hydroxyl groups excluding tert-OH is 2. The van der Waals surface area contributed by atoms with Crippen molar-refractivity contribution in [1.29, 1.82) is 0 Å². The van der Waals surface area contributed by atoms with Gasteiger partial charge in [0.15, 0.2) is 0 Å². The van der Waals surface area contributed by atoms with Crippen LogP contribution in [0.5, 0.6) is 5.75 Å². The largest absolute Gasteiger partial charge is 0.491 e. The van der Waals surface area contributed by atoms with Crippen LogP contribution in [-0.4, -0.2) is 47.3 Å². The van der Waals surface area contributed by atoms with Gasteiger partial charge in [0.25, 0.3) is 0 Å². The van der Waals surface area contributed by atoms with Crippen LogP contribution in [0.2, 0.25) is 0 Å². The highest BCUT2D eigenvalue weighted by Gasteiger charge is 2.39. The number of carbonyl (C=O) groups is 2. The van der Waals surface area contributed by atoms with E-state index in [1.54, 1.807) is 12.2 Å². The number of carbonyl (C=O) groups excluding carboxylic acids is 2. The summed E-state index contributed by atoms with van der Waals surface area (Å²) in [6, 6.07) is 9.25. The van der Waals surface area contributed by atoms with Crippen LogP contribution in [0.15, 0.2) is 54.6 Å². The molecule has 4 atom stereocenters. The van der Waals surface area contributed by atoms with E-state index in [1.165, 1.54) is 12.8 Å². The second kappa shape index (κ2) is 12.6. The lowest BCUT2D eigenvalue weighted by Gasteiger charge is -2.17. The average molecular weight is 442 g/mol. The molecule has 6 heteroatoms. The van der Waals surface area contributed by atoms with Gasteiger partial charge in [-0.15, -0.1) is 0 Å². The van der Waals surface area contributed by atoms with Gasteiger partial charge in [-0.1, -0.05) is 42.5 Å². The zero-order chi connectivity index (χ0) is 22.8. The number of rotatable bonds is 13. The lowest BCUT2D eigenvalue weighted by molar-refractivity contribution is -0.121. The summed E-state index contributed by atoms with van der Waals surface area (Å²) in [6.07, 6.45) is 11.0. The zero-order valence-electron chi connectivity index (χ0n) is 18.6. The molecule has 1 aromatic carbocycles. The number of unbranched alkanes of at least 4 members (excludes halogenated alkanes) is 1. The first-order chi connectivity index (χ1) is 15.5. The number of benzene rings is 1. The van der Waals surface area contributed by atoms with E-state index in [1.807, 2.05) is 42.5 Å². The standard InChI is InChI=1S/C26H35NO5/c28-20(18-32-21-8-4-3-5-9-21)14-15-23-22(24(29)16-25(23)30)10-6-1-2-7-11-26(31)27-17-19-12-13-19/h1,3-6,8-9,14-15,19-20,22-23,25,28,30H,2,7,10-13,16-18H2,(H,27,31)/t20-,22-,23-,25-/m1/s1. The van der Waals surface area contributed by atoms with Crippen LogP contribution in [0, 0.1) is 17.8 Å². The Morgan fingerprint density at radius 3 is 2.75 bits per heavy atom. The van der Waals surface area contributed by atoms with Gasteiger partial charge in [0, 0.05) is 31.2 Å². The third-order valence-electron chi connectivity index (χ3n) is 6.07. The SMILES string of the molecule is O=C(CCCC=CC[C@H]1C(=O)C[C@@H](O)[C@@H]1C=C[C@@H](O)COc1ccccc1)NCC1CC1. The van der Waals surface area contributed by atoms with Gasteiger partial charge in [0.05, 0.1) is 6.10 Å². The summed E-state index contributed by atoms with van der Waals surface area (Å²) in [7, 11) is 0. The number of hydrogen-bond acceptors (Lipinski definition) is 5. The lowest BCUT2D eigenvalue weighted by Crippen LogP contribution is -2.24. The van der Waals surface area contributed by atoms with Crippen LogP contribution >= 0.6 is 0 Å². The van der Waals surface area contributed by atoms with Crippen molar-refractivity contribution in [3.05, 3.63) is 54.6 Å². The number of ether oxygens (including phenoxy) is 1. The number of allylic oxidation sites excluding steroid dienone is 2. The summed E-state index contributed by atoms with van der Waals surface area (Å²) in [5, 5.41) is 23.4. The van der Waals surface area contributed by atoms with Crippen LogP contribution in [-0.2, 0) is 9.59 Å². The molecular weight excluding hydrogens is 406 g/mol. The van der Waals surface area contributed by atoms with Gasteiger partial charge < -0.3 is 20.3 Å². The molecule has 0 saturated heterocycles. The maximum absolute atomic E-state index is 12.3. The fourth-order valence-corrected chi connectivity index (χ4v) is 3.95. The van der Waals surface area contributed by atoms with Gasteiger partial charge >= 0.3 is 0 Å². The van der Waals surface area contributed by atoms with Crippen LogP contribution in [0.3, 0.4) is 0 Å². The summed E-state index contributed by atoms with van der Waals surface area (Å²) < 4.78 is 5.54. The van der Waals surface area contributed by atoms with Gasteiger partial charge in [-0.25, -0.2) is 0 Å². The van der Waals surface area contributed by atoms with E-state index in [4.69, 9.17) is 4.74 Å². The van der Waals surface area contributed by atoms with Crippen molar-refractivity contribution in [1.82, 2.24) is 5.32 Å². The minimum absolute atomic E-state index is 0.0475. The Morgan fingerprint density at radius 1 is 1.22 bits per heavy atom. The number of nitrogens with one attached hydrogen (secondary N) is 1. The first kappa shape index (κ1) is 24.2. The first-order valence-corrected chi connectivity index (χ1v) is 11.7. The quantitative estimate of drug-likeness (QED) is 0.323. The molecule has 6 nitrogen and oxygen atoms in total. The van der Waals surface area contributed by atoms with Gasteiger partial charge in [0.2, 0.25) is 5.91 Å². The van der Waals surface area contributed by atoms with Crippen molar-refractivity contribution in [2.24, 2.45) is 17.8 Å². The highest BCUT2D eigenvalue weighted by Crippen LogP contribution is 2.33. The molecule has 3 N–H and O–H groups in total. The minimum atomic E-state index is -0.819. The van der Waals surface area contributed by atoms with Crippen molar-refractivity contribution in [3.63, 3.8) is 0 Å². The number of ketones is 1. The van der Waals surface area contributed by atoms with Crippen molar-refractivity contribution < 1.29 is 24.5 Å². The second-order valence-corrected chi connectivity index (χ2v) is 8.84. The van der Waals surface area contributed by atoms with E-state index in [0.717, 1.165) is 19.4 Å². The Kier molecular flexibility index (Phi) is 9.50. The molecule has 3 rings (SSSR count). The zero-order valence-corrected chi connectivity index (χ0v) is 18.6. The Morgan fingerprint density at radius 2 is 2.00 bits per heavy atom.